The van der Waals surface area contributed by atoms with Gasteiger partial charge in [0.15, 0.2) is 0 Å². The zero-order valence-electron chi connectivity index (χ0n) is 11.8. The minimum atomic E-state index is -0.395. The van der Waals surface area contributed by atoms with E-state index in [1.54, 1.807) is 0 Å². The fourth-order valence-corrected chi connectivity index (χ4v) is 2.07. The van der Waals surface area contributed by atoms with Gasteiger partial charge in [0, 0.05) is 19.1 Å². The first-order valence-corrected chi connectivity index (χ1v) is 6.51. The third-order valence-electron chi connectivity index (χ3n) is 3.24. The van der Waals surface area contributed by atoms with E-state index >= 15 is 0 Å². The van der Waals surface area contributed by atoms with Crippen molar-refractivity contribution in [1.29, 1.82) is 0 Å². The molecule has 1 fully saturated rings. The first-order valence-electron chi connectivity index (χ1n) is 6.51. The minimum absolute atomic E-state index is 0.171. The van der Waals surface area contributed by atoms with Gasteiger partial charge in [-0.25, -0.2) is 4.79 Å². The lowest BCUT2D eigenvalue weighted by atomic mass is 10.0. The fraction of sp³-hybridized carbons (Fsp3) is 0.923. The molecule has 17 heavy (non-hydrogen) atoms. The van der Waals surface area contributed by atoms with E-state index in [1.165, 1.54) is 0 Å². The number of carbonyl (C=O) groups excluding carboxylic acids is 1. The summed E-state index contributed by atoms with van der Waals surface area (Å²) in [6.45, 7) is 10.6. The van der Waals surface area contributed by atoms with E-state index in [-0.39, 0.29) is 6.09 Å². The van der Waals surface area contributed by atoms with Gasteiger partial charge in [-0.3, -0.25) is 0 Å². The molecule has 0 aromatic rings. The lowest BCUT2D eigenvalue weighted by Crippen LogP contribution is -2.46. The van der Waals surface area contributed by atoms with Crippen molar-refractivity contribution < 1.29 is 9.53 Å². The maximum Gasteiger partial charge on any atom is 0.410 e. The summed E-state index contributed by atoms with van der Waals surface area (Å²) in [5.41, 5.74) is -0.395. The number of likely N-dealkylation sites (tertiary alicyclic amines) is 1. The van der Waals surface area contributed by atoms with Crippen LogP contribution in [0.4, 0.5) is 4.79 Å². The van der Waals surface area contributed by atoms with Gasteiger partial charge in [0.2, 0.25) is 0 Å². The summed E-state index contributed by atoms with van der Waals surface area (Å²) in [5, 5.41) is 0. The number of ether oxygens (including phenoxy) is 1. The number of amides is 1. The van der Waals surface area contributed by atoms with E-state index in [0.29, 0.717) is 6.04 Å². The van der Waals surface area contributed by atoms with E-state index in [2.05, 4.69) is 18.9 Å². The Hall–Kier alpha value is -0.770. The predicted molar refractivity (Wildman–Crippen MR) is 69.1 cm³/mol. The monoisotopic (exact) mass is 242 g/mol. The molecule has 100 valence electrons. The fourth-order valence-electron chi connectivity index (χ4n) is 2.07. The van der Waals surface area contributed by atoms with Crippen LogP contribution in [0.5, 0.6) is 0 Å². The van der Waals surface area contributed by atoms with Crippen LogP contribution in [0.2, 0.25) is 0 Å². The Labute approximate surface area is 105 Å². The number of hydrogen-bond donors (Lipinski definition) is 0. The zero-order valence-corrected chi connectivity index (χ0v) is 11.8. The second kappa shape index (κ2) is 5.71. The number of nitrogens with zero attached hydrogens (tertiary/aromatic N) is 2. The summed E-state index contributed by atoms with van der Waals surface area (Å²) >= 11 is 0. The number of hydrogen-bond acceptors (Lipinski definition) is 3. The smallest absolute Gasteiger partial charge is 0.410 e. The van der Waals surface area contributed by atoms with Gasteiger partial charge in [0.05, 0.1) is 0 Å². The summed E-state index contributed by atoms with van der Waals surface area (Å²) in [6.07, 6.45) is 1.92. The van der Waals surface area contributed by atoms with Crippen LogP contribution < -0.4 is 0 Å². The van der Waals surface area contributed by atoms with Gasteiger partial charge < -0.3 is 14.5 Å². The van der Waals surface area contributed by atoms with Gasteiger partial charge in [0.1, 0.15) is 5.60 Å². The third-order valence-corrected chi connectivity index (χ3v) is 3.24. The second-order valence-electron chi connectivity index (χ2n) is 5.77. The Morgan fingerprint density at radius 3 is 2.29 bits per heavy atom. The van der Waals surface area contributed by atoms with Crippen LogP contribution in [0, 0.1) is 0 Å². The van der Waals surface area contributed by atoms with Crippen molar-refractivity contribution in [2.75, 3.05) is 26.7 Å². The molecule has 1 aliphatic rings. The minimum Gasteiger partial charge on any atom is -0.444 e. The van der Waals surface area contributed by atoms with Gasteiger partial charge in [-0.2, -0.15) is 0 Å². The average Bonchev–Trinajstić information content (AvgIpc) is 2.26. The molecule has 0 aromatic carbocycles. The van der Waals surface area contributed by atoms with Gasteiger partial charge in [-0.05, 0) is 47.2 Å². The molecular weight excluding hydrogens is 216 g/mol. The second-order valence-corrected chi connectivity index (χ2v) is 5.77. The molecule has 0 aliphatic carbocycles. The Kier molecular flexibility index (Phi) is 4.80. The number of carbonyl (C=O) groups is 1. The molecule has 0 saturated carbocycles. The highest BCUT2D eigenvalue weighted by atomic mass is 16.6. The summed E-state index contributed by atoms with van der Waals surface area (Å²) in [6, 6.07) is 0.610. The summed E-state index contributed by atoms with van der Waals surface area (Å²) in [5.74, 6) is 0. The quantitative estimate of drug-likeness (QED) is 0.745. The van der Waals surface area contributed by atoms with E-state index in [9.17, 15) is 4.79 Å². The molecule has 1 amide bonds. The Morgan fingerprint density at radius 1 is 1.35 bits per heavy atom. The summed E-state index contributed by atoms with van der Waals surface area (Å²) in [7, 11) is 2.15. The molecule has 1 aliphatic heterocycles. The number of rotatable bonds is 2. The third kappa shape index (κ3) is 4.54. The molecule has 0 aromatic heterocycles. The van der Waals surface area contributed by atoms with E-state index in [1.807, 2.05) is 25.7 Å². The van der Waals surface area contributed by atoms with Crippen molar-refractivity contribution in [3.63, 3.8) is 0 Å². The van der Waals surface area contributed by atoms with Crippen molar-refractivity contribution in [1.82, 2.24) is 9.80 Å². The Balaban J connectivity index is 2.39. The molecule has 1 heterocycles. The molecule has 0 unspecified atom stereocenters. The normalized spacial score (nSPS) is 18.6. The van der Waals surface area contributed by atoms with Gasteiger partial charge in [-0.15, -0.1) is 0 Å². The van der Waals surface area contributed by atoms with E-state index < -0.39 is 5.60 Å². The average molecular weight is 242 g/mol. The van der Waals surface area contributed by atoms with Crippen LogP contribution in [0.15, 0.2) is 0 Å². The molecule has 0 N–H and O–H groups in total. The van der Waals surface area contributed by atoms with Crippen LogP contribution in [-0.4, -0.2) is 54.2 Å². The summed E-state index contributed by atoms with van der Waals surface area (Å²) < 4.78 is 5.37. The van der Waals surface area contributed by atoms with Crippen LogP contribution in [0.1, 0.15) is 40.5 Å². The SMILES string of the molecule is CCN(C)C1CCN(C(=O)OC(C)(C)C)CC1. The lowest BCUT2D eigenvalue weighted by molar-refractivity contribution is 0.0159. The van der Waals surface area contributed by atoms with Gasteiger partial charge in [-0.1, -0.05) is 6.92 Å². The highest BCUT2D eigenvalue weighted by molar-refractivity contribution is 5.68. The van der Waals surface area contributed by atoms with Gasteiger partial charge in [0.25, 0.3) is 0 Å². The van der Waals surface area contributed by atoms with Crippen LogP contribution in [0.25, 0.3) is 0 Å². The first-order chi connectivity index (χ1) is 7.83. The first kappa shape index (κ1) is 14.3. The van der Waals surface area contributed by atoms with Gasteiger partial charge >= 0.3 is 6.09 Å². The molecule has 0 atom stereocenters. The predicted octanol–water partition coefficient (Wildman–Crippen LogP) is 2.34. The highest BCUT2D eigenvalue weighted by Crippen LogP contribution is 2.18. The molecule has 4 nitrogen and oxygen atoms in total. The Bertz CT molecular complexity index is 253. The molecule has 0 spiro atoms. The van der Waals surface area contributed by atoms with Crippen molar-refractivity contribution in [3.05, 3.63) is 0 Å². The van der Waals surface area contributed by atoms with Crippen molar-refractivity contribution in [3.8, 4) is 0 Å². The van der Waals surface area contributed by atoms with Crippen LogP contribution >= 0.6 is 0 Å². The maximum absolute atomic E-state index is 11.8. The maximum atomic E-state index is 11.8. The summed E-state index contributed by atoms with van der Waals surface area (Å²) in [4.78, 5) is 16.0. The molecule has 4 heteroatoms. The standard InChI is InChI=1S/C13H26N2O2/c1-6-14(5)11-7-9-15(10-8-11)12(16)17-13(2,3)4/h11H,6-10H2,1-5H3. The molecule has 1 rings (SSSR count). The van der Waals surface area contributed by atoms with Crippen LogP contribution in [-0.2, 0) is 4.74 Å². The molecule has 0 radical (unpaired) electrons. The topological polar surface area (TPSA) is 32.8 Å². The Morgan fingerprint density at radius 2 is 1.88 bits per heavy atom. The lowest BCUT2D eigenvalue weighted by Gasteiger charge is -2.36. The van der Waals surface area contributed by atoms with Crippen molar-refractivity contribution in [2.24, 2.45) is 0 Å². The molecule has 1 saturated heterocycles. The van der Waals surface area contributed by atoms with Crippen LogP contribution in [0.3, 0.4) is 0 Å². The largest absolute Gasteiger partial charge is 0.444 e. The molecular formula is C13H26N2O2. The molecule has 0 bridgehead atoms. The number of piperidine rings is 1. The highest BCUT2D eigenvalue weighted by Gasteiger charge is 2.27. The van der Waals surface area contributed by atoms with Crippen molar-refractivity contribution in [2.45, 2.75) is 52.2 Å². The van der Waals surface area contributed by atoms with E-state index in [4.69, 9.17) is 4.74 Å². The van der Waals surface area contributed by atoms with E-state index in [0.717, 1.165) is 32.5 Å². The van der Waals surface area contributed by atoms with Crippen molar-refractivity contribution >= 4 is 6.09 Å². The zero-order chi connectivity index (χ0) is 13.1.